The molecule has 4 rings (SSSR count). The molecule has 300 valence electrons. The number of hydrogen-bond donors (Lipinski definition) is 0. The molecule has 1 aromatic heterocycles. The summed E-state index contributed by atoms with van der Waals surface area (Å²) in [5, 5.41) is 8.36. The molecule has 0 bridgehead atoms. The molecule has 2 fully saturated rings. The molecule has 2 saturated heterocycles. The van der Waals surface area contributed by atoms with Crippen molar-refractivity contribution in [3.05, 3.63) is 34.9 Å². The van der Waals surface area contributed by atoms with Gasteiger partial charge >= 0.3 is 41.8 Å². The van der Waals surface area contributed by atoms with Crippen molar-refractivity contribution in [2.45, 2.75) is 110 Å². The SMILES string of the molecule is CC(=O)OC[C@H]1O[C@H](O[C@]2(COC(C)=O)O[C@H](Cn3cc(-c4ccc(Br)cc4)nn3)[C@@H](OC(C)=O)[C@@H]2OC(C)=O)[C@H](OC(C)=O)[C@@H](OC(C)=O)[C@@H]1OC(C)=O. The van der Waals surface area contributed by atoms with Crippen molar-refractivity contribution in [1.29, 1.82) is 0 Å². The van der Waals surface area contributed by atoms with Crippen LogP contribution in [-0.2, 0) is 87.5 Å². The van der Waals surface area contributed by atoms with Crippen molar-refractivity contribution >= 4 is 57.7 Å². The third kappa shape index (κ3) is 11.5. The van der Waals surface area contributed by atoms with E-state index in [9.17, 15) is 33.6 Å². The predicted octanol–water partition coefficient (Wildman–Crippen LogP) is 1.33. The number of aromatic nitrogens is 3. The summed E-state index contributed by atoms with van der Waals surface area (Å²) >= 11 is 3.38. The minimum atomic E-state index is -2.44. The van der Waals surface area contributed by atoms with E-state index in [2.05, 4.69) is 26.2 Å². The van der Waals surface area contributed by atoms with Gasteiger partial charge in [0.05, 0.1) is 12.7 Å². The minimum absolute atomic E-state index is 0.219. The van der Waals surface area contributed by atoms with E-state index in [0.29, 0.717) is 11.3 Å². The van der Waals surface area contributed by atoms with Crippen LogP contribution in [0.4, 0.5) is 0 Å². The van der Waals surface area contributed by atoms with Crippen molar-refractivity contribution < 1.29 is 80.9 Å². The van der Waals surface area contributed by atoms with Gasteiger partial charge in [0.2, 0.25) is 12.1 Å². The zero-order valence-corrected chi connectivity index (χ0v) is 32.4. The number of benzene rings is 1. The first-order valence-electron chi connectivity index (χ1n) is 16.7. The maximum absolute atomic E-state index is 12.7. The summed E-state index contributed by atoms with van der Waals surface area (Å²) in [6, 6.07) is 7.22. The number of rotatable bonds is 14. The second kappa shape index (κ2) is 18.6. The Bertz CT molecular complexity index is 1750. The van der Waals surface area contributed by atoms with Crippen LogP contribution in [0.1, 0.15) is 48.5 Å². The molecule has 0 N–H and O–H groups in total. The average molecular weight is 843 g/mol. The molecule has 0 saturated carbocycles. The summed E-state index contributed by atoms with van der Waals surface area (Å²) in [6.07, 6.45) is -11.3. The van der Waals surface area contributed by atoms with Crippen LogP contribution in [0.5, 0.6) is 0 Å². The highest BCUT2D eigenvalue weighted by Crippen LogP contribution is 2.42. The Morgan fingerprint density at radius 1 is 0.691 bits per heavy atom. The zero-order chi connectivity index (χ0) is 40.6. The highest BCUT2D eigenvalue weighted by atomic mass is 79.9. The third-order valence-electron chi connectivity index (χ3n) is 7.83. The van der Waals surface area contributed by atoms with Crippen molar-refractivity contribution in [3.63, 3.8) is 0 Å². The number of halogens is 1. The fourth-order valence-electron chi connectivity index (χ4n) is 5.89. The van der Waals surface area contributed by atoms with E-state index >= 15 is 0 Å². The molecule has 0 amide bonds. The Balaban J connectivity index is 1.84. The Kier molecular flexibility index (Phi) is 14.4. The van der Waals surface area contributed by atoms with Crippen LogP contribution in [0, 0.1) is 0 Å². The van der Waals surface area contributed by atoms with Crippen LogP contribution in [0.15, 0.2) is 34.9 Å². The fourth-order valence-corrected chi connectivity index (χ4v) is 6.16. The van der Waals surface area contributed by atoms with E-state index in [1.54, 1.807) is 18.3 Å². The lowest BCUT2D eigenvalue weighted by molar-refractivity contribution is -0.384. The average Bonchev–Trinajstić information content (AvgIpc) is 3.64. The Hall–Kier alpha value is -4.99. The third-order valence-corrected chi connectivity index (χ3v) is 8.36. The van der Waals surface area contributed by atoms with Crippen LogP contribution in [0.25, 0.3) is 11.3 Å². The maximum Gasteiger partial charge on any atom is 0.303 e. The van der Waals surface area contributed by atoms with E-state index in [4.69, 9.17) is 47.4 Å². The topological polar surface area (TPSA) is 242 Å². The lowest BCUT2D eigenvalue weighted by atomic mass is 9.97. The molecule has 0 radical (unpaired) electrons. The largest absolute Gasteiger partial charge is 0.463 e. The lowest BCUT2D eigenvalue weighted by Crippen LogP contribution is -2.65. The lowest BCUT2D eigenvalue weighted by Gasteiger charge is -2.46. The maximum atomic E-state index is 12.7. The van der Waals surface area contributed by atoms with Gasteiger partial charge in [0, 0.05) is 58.5 Å². The summed E-state index contributed by atoms with van der Waals surface area (Å²) in [4.78, 5) is 86.5. The van der Waals surface area contributed by atoms with E-state index in [1.165, 1.54) is 4.68 Å². The first-order valence-corrected chi connectivity index (χ1v) is 17.5. The van der Waals surface area contributed by atoms with E-state index in [-0.39, 0.29) is 6.54 Å². The van der Waals surface area contributed by atoms with Crippen LogP contribution in [0.3, 0.4) is 0 Å². The summed E-state index contributed by atoms with van der Waals surface area (Å²) in [6.45, 7) is 5.72. The highest BCUT2D eigenvalue weighted by Gasteiger charge is 2.64. The second-order valence-electron chi connectivity index (χ2n) is 12.4. The molecular formula is C34H40BrN3O17. The molecular weight excluding hydrogens is 802 g/mol. The number of hydrogen-bond acceptors (Lipinski definition) is 19. The summed E-state index contributed by atoms with van der Waals surface area (Å²) in [5.74, 6) is -8.54. The molecule has 3 heterocycles. The summed E-state index contributed by atoms with van der Waals surface area (Å²) < 4.78 is 59.3. The number of carbonyl (C=O) groups excluding carboxylic acids is 7. The molecule has 0 aliphatic carbocycles. The van der Waals surface area contributed by atoms with Gasteiger partial charge in [-0.25, -0.2) is 4.68 Å². The number of ether oxygens (including phenoxy) is 10. The molecule has 21 heteroatoms. The predicted molar refractivity (Wildman–Crippen MR) is 182 cm³/mol. The van der Waals surface area contributed by atoms with Crippen molar-refractivity contribution in [2.75, 3.05) is 13.2 Å². The molecule has 55 heavy (non-hydrogen) atoms. The standard InChI is InChI=1S/C34H40BrN3O17/c1-16(39)46-14-27-28(48-18(3)41)30(50-20(5)43)31(51-21(6)44)33(53-27)55-34(15-47-17(2)40)32(52-22(7)45)29(49-19(4)42)26(54-34)13-38-12-25(36-37-38)23-8-10-24(35)11-9-23/h8-12,26-33H,13-15H2,1-7H3/t26-,27-,28-,29-,30+,31-,32+,33-,34+/m1/s1. The van der Waals surface area contributed by atoms with Crippen LogP contribution < -0.4 is 0 Å². The Morgan fingerprint density at radius 2 is 1.24 bits per heavy atom. The smallest absolute Gasteiger partial charge is 0.303 e. The van der Waals surface area contributed by atoms with Gasteiger partial charge in [-0.1, -0.05) is 33.3 Å². The Morgan fingerprint density at radius 3 is 1.80 bits per heavy atom. The van der Waals surface area contributed by atoms with Gasteiger partial charge < -0.3 is 47.4 Å². The fraction of sp³-hybridized carbons (Fsp3) is 0.559. The molecule has 2 aliphatic heterocycles. The number of carbonyl (C=O) groups is 7. The molecule has 20 nitrogen and oxygen atoms in total. The molecule has 9 atom stereocenters. The van der Waals surface area contributed by atoms with Gasteiger partial charge in [-0.3, -0.25) is 33.6 Å². The van der Waals surface area contributed by atoms with Gasteiger partial charge in [-0.15, -0.1) is 5.10 Å². The van der Waals surface area contributed by atoms with Gasteiger partial charge in [0.1, 0.15) is 31.1 Å². The van der Waals surface area contributed by atoms with Gasteiger partial charge in [-0.05, 0) is 12.1 Å². The van der Waals surface area contributed by atoms with Crippen molar-refractivity contribution in [2.24, 2.45) is 0 Å². The van der Waals surface area contributed by atoms with Crippen molar-refractivity contribution in [1.82, 2.24) is 15.0 Å². The van der Waals surface area contributed by atoms with Crippen LogP contribution in [-0.4, -0.2) is 125 Å². The first kappa shape index (κ1) is 42.7. The van der Waals surface area contributed by atoms with E-state index < -0.39 is 110 Å². The van der Waals surface area contributed by atoms with Gasteiger partial charge in [0.15, 0.2) is 30.5 Å². The number of esters is 7. The number of nitrogens with zero attached hydrogens (tertiary/aromatic N) is 3. The second-order valence-corrected chi connectivity index (χ2v) is 13.3. The highest BCUT2D eigenvalue weighted by molar-refractivity contribution is 9.10. The first-order chi connectivity index (χ1) is 25.9. The van der Waals surface area contributed by atoms with Gasteiger partial charge in [-0.2, -0.15) is 0 Å². The Labute approximate surface area is 322 Å². The molecule has 0 unspecified atom stereocenters. The summed E-state index contributed by atoms with van der Waals surface area (Å²) in [5.41, 5.74) is 1.18. The van der Waals surface area contributed by atoms with Crippen molar-refractivity contribution in [3.8, 4) is 11.3 Å². The monoisotopic (exact) mass is 841 g/mol. The summed E-state index contributed by atoms with van der Waals surface area (Å²) in [7, 11) is 0. The van der Waals surface area contributed by atoms with Crippen LogP contribution in [0.2, 0.25) is 0 Å². The molecule has 0 spiro atoms. The molecule has 2 aromatic rings. The normalized spacial score (nSPS) is 27.3. The zero-order valence-electron chi connectivity index (χ0n) is 30.8. The molecule has 2 aliphatic rings. The quantitative estimate of drug-likeness (QED) is 0.192. The minimum Gasteiger partial charge on any atom is -0.463 e. The van der Waals surface area contributed by atoms with E-state index in [0.717, 1.165) is 52.9 Å². The molecule has 1 aromatic carbocycles. The van der Waals surface area contributed by atoms with E-state index in [1.807, 2.05) is 12.1 Å². The van der Waals surface area contributed by atoms with Gasteiger partial charge in [0.25, 0.3) is 0 Å². The van der Waals surface area contributed by atoms with Crippen LogP contribution >= 0.6 is 15.9 Å².